The molecule has 1 heterocycles. The van der Waals surface area contributed by atoms with Gasteiger partial charge in [-0.3, -0.25) is 0 Å². The van der Waals surface area contributed by atoms with Crippen LogP contribution in [0.25, 0.3) is 0 Å². The smallest absolute Gasteiger partial charge is 0.0951 e. The third-order valence-corrected chi connectivity index (χ3v) is 3.52. The molecule has 2 rings (SSSR count). The first-order chi connectivity index (χ1) is 7.81. The highest BCUT2D eigenvalue weighted by Crippen LogP contribution is 2.20. The van der Waals surface area contributed by atoms with Gasteiger partial charge in [0, 0.05) is 12.2 Å². The quantitative estimate of drug-likeness (QED) is 0.830. The van der Waals surface area contributed by atoms with E-state index in [1.54, 1.807) is 0 Å². The van der Waals surface area contributed by atoms with E-state index in [-0.39, 0.29) is 6.10 Å². The number of hydrogen-bond acceptors (Lipinski definition) is 2. The summed E-state index contributed by atoms with van der Waals surface area (Å²) in [7, 11) is 0. The Morgan fingerprint density at radius 3 is 3.06 bits per heavy atom. The van der Waals surface area contributed by atoms with Gasteiger partial charge in [-0.05, 0) is 44.9 Å². The molecule has 0 spiro atoms. The minimum absolute atomic E-state index is 0.126. The van der Waals surface area contributed by atoms with Crippen molar-refractivity contribution >= 4 is 0 Å². The third kappa shape index (κ3) is 2.64. The van der Waals surface area contributed by atoms with Crippen LogP contribution in [0.3, 0.4) is 0 Å². The Balaban J connectivity index is 1.87. The van der Waals surface area contributed by atoms with Crippen molar-refractivity contribution in [3.63, 3.8) is 0 Å². The number of aromatic nitrogens is 2. The van der Waals surface area contributed by atoms with Crippen LogP contribution in [0, 0.1) is 0 Å². The molecule has 0 radical (unpaired) electrons. The molecule has 1 aliphatic rings. The minimum atomic E-state index is -0.126. The van der Waals surface area contributed by atoms with E-state index in [2.05, 4.69) is 9.55 Å². The predicted octanol–water partition coefficient (Wildman–Crippen LogP) is 2.31. The first kappa shape index (κ1) is 11.6. The lowest BCUT2D eigenvalue weighted by Gasteiger charge is -2.14. The van der Waals surface area contributed by atoms with Crippen LogP contribution in [0.1, 0.15) is 50.4 Å². The minimum Gasteiger partial charge on any atom is -0.393 e. The summed E-state index contributed by atoms with van der Waals surface area (Å²) in [5, 5.41) is 9.50. The van der Waals surface area contributed by atoms with Crippen molar-refractivity contribution in [1.29, 1.82) is 0 Å². The molecule has 3 heteroatoms. The fraction of sp³-hybridized carbons (Fsp3) is 0.769. The van der Waals surface area contributed by atoms with Gasteiger partial charge in [-0.1, -0.05) is 6.92 Å². The zero-order chi connectivity index (χ0) is 11.4. The molecule has 0 amide bonds. The summed E-state index contributed by atoms with van der Waals surface area (Å²) < 4.78 is 2.29. The van der Waals surface area contributed by atoms with Gasteiger partial charge in [0.2, 0.25) is 0 Å². The van der Waals surface area contributed by atoms with E-state index in [0.717, 1.165) is 32.2 Å². The number of imidazole rings is 1. The Morgan fingerprint density at radius 2 is 2.25 bits per heavy atom. The Hall–Kier alpha value is -0.830. The molecule has 1 aromatic heterocycles. The molecule has 0 bridgehead atoms. The van der Waals surface area contributed by atoms with Gasteiger partial charge in [-0.25, -0.2) is 4.98 Å². The summed E-state index contributed by atoms with van der Waals surface area (Å²) in [5.41, 5.74) is 2.75. The van der Waals surface area contributed by atoms with E-state index in [1.165, 1.54) is 30.7 Å². The summed E-state index contributed by atoms with van der Waals surface area (Å²) in [6.07, 6.45) is 9.61. The second-order valence-corrected chi connectivity index (χ2v) is 4.74. The van der Waals surface area contributed by atoms with E-state index < -0.39 is 0 Å². The van der Waals surface area contributed by atoms with Crippen molar-refractivity contribution < 1.29 is 5.11 Å². The Kier molecular flexibility index (Phi) is 3.99. The number of fused-ring (bicyclic) bond motifs is 1. The molecule has 16 heavy (non-hydrogen) atoms. The lowest BCUT2D eigenvalue weighted by Crippen LogP contribution is -2.10. The topological polar surface area (TPSA) is 38.0 Å². The number of aliphatic hydroxyl groups is 1. The summed E-state index contributed by atoms with van der Waals surface area (Å²) in [5.74, 6) is 0. The van der Waals surface area contributed by atoms with E-state index >= 15 is 0 Å². The summed E-state index contributed by atoms with van der Waals surface area (Å²) >= 11 is 0. The molecule has 0 aliphatic heterocycles. The average molecular weight is 222 g/mol. The Bertz CT molecular complexity index is 333. The van der Waals surface area contributed by atoms with Crippen LogP contribution in [0.5, 0.6) is 0 Å². The van der Waals surface area contributed by atoms with Gasteiger partial charge in [0.25, 0.3) is 0 Å². The Labute approximate surface area is 97.5 Å². The second-order valence-electron chi connectivity index (χ2n) is 4.74. The fourth-order valence-corrected chi connectivity index (χ4v) is 2.43. The van der Waals surface area contributed by atoms with Crippen LogP contribution in [0.4, 0.5) is 0 Å². The number of aryl methyl sites for hydroxylation is 2. The van der Waals surface area contributed by atoms with Crippen LogP contribution < -0.4 is 0 Å². The number of rotatable bonds is 5. The maximum absolute atomic E-state index is 9.50. The van der Waals surface area contributed by atoms with Crippen molar-refractivity contribution in [2.45, 2.75) is 64.5 Å². The monoisotopic (exact) mass is 222 g/mol. The molecule has 1 aliphatic carbocycles. The average Bonchev–Trinajstić information content (AvgIpc) is 2.73. The van der Waals surface area contributed by atoms with Crippen LogP contribution in [0.2, 0.25) is 0 Å². The summed E-state index contributed by atoms with van der Waals surface area (Å²) in [6, 6.07) is 0. The lowest BCUT2D eigenvalue weighted by molar-refractivity contribution is 0.155. The number of nitrogens with zero attached hydrogens (tertiary/aromatic N) is 2. The van der Waals surface area contributed by atoms with Crippen LogP contribution >= 0.6 is 0 Å². The van der Waals surface area contributed by atoms with Crippen molar-refractivity contribution in [3.05, 3.63) is 17.7 Å². The molecule has 1 N–H and O–H groups in total. The van der Waals surface area contributed by atoms with Gasteiger partial charge in [-0.2, -0.15) is 0 Å². The summed E-state index contributed by atoms with van der Waals surface area (Å²) in [4.78, 5) is 4.48. The van der Waals surface area contributed by atoms with E-state index in [4.69, 9.17) is 0 Å². The summed E-state index contributed by atoms with van der Waals surface area (Å²) in [6.45, 7) is 3.04. The molecule has 3 nitrogen and oxygen atoms in total. The maximum Gasteiger partial charge on any atom is 0.0951 e. The highest BCUT2D eigenvalue weighted by molar-refractivity contribution is 5.16. The van der Waals surface area contributed by atoms with Crippen LogP contribution in [-0.4, -0.2) is 20.8 Å². The lowest BCUT2D eigenvalue weighted by atomic mass is 10.0. The highest BCUT2D eigenvalue weighted by Gasteiger charge is 2.14. The van der Waals surface area contributed by atoms with E-state index in [9.17, 15) is 5.11 Å². The largest absolute Gasteiger partial charge is 0.393 e. The van der Waals surface area contributed by atoms with Gasteiger partial charge >= 0.3 is 0 Å². The molecule has 0 saturated heterocycles. The fourth-order valence-electron chi connectivity index (χ4n) is 2.43. The standard InChI is InChI=1S/C13H22N2O/c1-2-11(16)6-5-9-15-10-14-12-7-3-4-8-13(12)15/h10-11,16H,2-9H2,1H3. The van der Waals surface area contributed by atoms with E-state index in [0.29, 0.717) is 0 Å². The zero-order valence-corrected chi connectivity index (χ0v) is 10.2. The molecule has 1 unspecified atom stereocenters. The van der Waals surface area contributed by atoms with Crippen LogP contribution in [0.15, 0.2) is 6.33 Å². The third-order valence-electron chi connectivity index (χ3n) is 3.52. The van der Waals surface area contributed by atoms with Crippen LogP contribution in [-0.2, 0) is 19.4 Å². The predicted molar refractivity (Wildman–Crippen MR) is 64.4 cm³/mol. The first-order valence-electron chi connectivity index (χ1n) is 6.52. The number of hydrogen-bond donors (Lipinski definition) is 1. The van der Waals surface area contributed by atoms with Crippen molar-refractivity contribution in [2.24, 2.45) is 0 Å². The molecule has 90 valence electrons. The second kappa shape index (κ2) is 5.48. The van der Waals surface area contributed by atoms with Gasteiger partial charge < -0.3 is 9.67 Å². The number of aliphatic hydroxyl groups excluding tert-OH is 1. The van der Waals surface area contributed by atoms with Gasteiger partial charge in [0.1, 0.15) is 0 Å². The molecule has 1 aromatic rings. The SMILES string of the molecule is CCC(O)CCCn1cnc2c1CCCC2. The van der Waals surface area contributed by atoms with E-state index in [1.807, 2.05) is 13.3 Å². The molecule has 0 aromatic carbocycles. The molecule has 0 fully saturated rings. The normalized spacial score (nSPS) is 17.1. The van der Waals surface area contributed by atoms with Crippen molar-refractivity contribution in [2.75, 3.05) is 0 Å². The van der Waals surface area contributed by atoms with Crippen molar-refractivity contribution in [1.82, 2.24) is 9.55 Å². The Morgan fingerprint density at radius 1 is 1.44 bits per heavy atom. The highest BCUT2D eigenvalue weighted by atomic mass is 16.3. The molecule has 1 atom stereocenters. The first-order valence-corrected chi connectivity index (χ1v) is 6.52. The molecule has 0 saturated carbocycles. The van der Waals surface area contributed by atoms with Crippen molar-refractivity contribution in [3.8, 4) is 0 Å². The zero-order valence-electron chi connectivity index (χ0n) is 10.2. The van der Waals surface area contributed by atoms with Gasteiger partial charge in [0.15, 0.2) is 0 Å². The maximum atomic E-state index is 9.50. The molecular weight excluding hydrogens is 200 g/mol. The molecular formula is C13H22N2O. The van der Waals surface area contributed by atoms with Gasteiger partial charge in [0.05, 0.1) is 18.1 Å². The van der Waals surface area contributed by atoms with Gasteiger partial charge in [-0.15, -0.1) is 0 Å².